The van der Waals surface area contributed by atoms with Crippen LogP contribution < -0.4 is 4.74 Å². The molecule has 0 aliphatic heterocycles. The molecule has 1 aromatic carbocycles. The highest BCUT2D eigenvalue weighted by atomic mass is 127. The molecule has 1 aromatic heterocycles. The predicted molar refractivity (Wildman–Crippen MR) is 73.8 cm³/mol. The highest BCUT2D eigenvalue weighted by Gasteiger charge is 2.11. The second-order valence-electron chi connectivity index (χ2n) is 2.52. The van der Waals surface area contributed by atoms with Gasteiger partial charge in [-0.1, -0.05) is 6.07 Å². The Morgan fingerprint density at radius 1 is 1.31 bits per heavy atom. The monoisotopic (exact) mass is 416 g/mol. The van der Waals surface area contributed by atoms with Crippen LogP contribution in [0, 0.1) is 6.45 Å². The second-order valence-corrected chi connectivity index (χ2v) is 6.46. The molecule has 0 aliphatic rings. The number of hydrogen-bond acceptors (Lipinski definition) is 2. The summed E-state index contributed by atoms with van der Waals surface area (Å²) < 4.78 is 9.25. The van der Waals surface area contributed by atoms with Crippen LogP contribution in [-0.4, -0.2) is 7.11 Å². The lowest BCUT2D eigenvalue weighted by Gasteiger charge is -2.00. The molecule has 0 N–H and O–H groups in total. The Kier molecular flexibility index (Phi) is 2.99. The van der Waals surface area contributed by atoms with Crippen molar-refractivity contribution in [1.82, 2.24) is 0 Å². The molecule has 2 rings (SSSR count). The number of benzene rings is 1. The van der Waals surface area contributed by atoms with Crippen molar-refractivity contribution in [3.05, 3.63) is 24.7 Å². The van der Waals surface area contributed by atoms with Gasteiger partial charge in [-0.25, -0.2) is 0 Å². The van der Waals surface area contributed by atoms with Gasteiger partial charge in [0, 0.05) is 13.7 Å². The van der Waals surface area contributed by atoms with Gasteiger partial charge in [-0.2, -0.15) is 0 Å². The predicted octanol–water partition coefficient (Wildman–Crippen LogP) is 4.12. The highest BCUT2D eigenvalue weighted by molar-refractivity contribution is 14.1. The summed E-state index contributed by atoms with van der Waals surface area (Å²) in [5.74, 6) is 0.973. The van der Waals surface area contributed by atoms with E-state index in [1.165, 1.54) is 16.5 Å². The zero-order chi connectivity index (χ0) is 9.42. The van der Waals surface area contributed by atoms with Gasteiger partial charge in [0.15, 0.2) is 0 Å². The maximum Gasteiger partial charge on any atom is 0.128 e. The smallest absolute Gasteiger partial charge is 0.128 e. The lowest BCUT2D eigenvalue weighted by Crippen LogP contribution is -1.83. The Balaban J connectivity index is 2.87. The van der Waals surface area contributed by atoms with Gasteiger partial charge in [-0.05, 0) is 57.3 Å². The molecule has 0 atom stereocenters. The molecule has 4 heteroatoms. The molecule has 0 fully saturated rings. The molecule has 0 aliphatic carbocycles. The van der Waals surface area contributed by atoms with E-state index in [4.69, 9.17) is 4.74 Å². The van der Waals surface area contributed by atoms with Crippen LogP contribution in [0.2, 0.25) is 0 Å². The Bertz CT molecular complexity index is 450. The van der Waals surface area contributed by atoms with Crippen LogP contribution in [0.15, 0.2) is 18.2 Å². The topological polar surface area (TPSA) is 9.23 Å². The molecule has 0 spiro atoms. The number of fused-ring (bicyclic) bond motifs is 1. The summed E-state index contributed by atoms with van der Waals surface area (Å²) in [6.07, 6.45) is 0. The zero-order valence-electron chi connectivity index (χ0n) is 6.80. The maximum absolute atomic E-state index is 5.32. The van der Waals surface area contributed by atoms with Gasteiger partial charge >= 0.3 is 0 Å². The molecule has 0 amide bonds. The fraction of sp³-hybridized carbons (Fsp3) is 0.111. The van der Waals surface area contributed by atoms with E-state index in [1.807, 2.05) is 23.5 Å². The summed E-state index contributed by atoms with van der Waals surface area (Å²) in [5.41, 5.74) is 0. The second kappa shape index (κ2) is 3.90. The van der Waals surface area contributed by atoms with Crippen LogP contribution in [0.3, 0.4) is 0 Å². The summed E-state index contributed by atoms with van der Waals surface area (Å²) in [7, 11) is 1.72. The third-order valence-electron chi connectivity index (χ3n) is 1.80. The van der Waals surface area contributed by atoms with E-state index in [9.17, 15) is 0 Å². The first kappa shape index (κ1) is 9.97. The molecule has 1 heterocycles. The summed E-state index contributed by atoms with van der Waals surface area (Å²) in [6.45, 7) is 0. The minimum absolute atomic E-state index is 0.973. The average Bonchev–Trinajstić information content (AvgIpc) is 2.43. The van der Waals surface area contributed by atoms with Gasteiger partial charge in [0.2, 0.25) is 0 Å². The molecular weight excluding hydrogens is 410 g/mol. The van der Waals surface area contributed by atoms with Crippen molar-refractivity contribution in [1.29, 1.82) is 0 Å². The van der Waals surface area contributed by atoms with E-state index >= 15 is 0 Å². The normalized spacial score (nSPS) is 10.7. The maximum atomic E-state index is 5.32. The highest BCUT2D eigenvalue weighted by Crippen LogP contribution is 2.38. The van der Waals surface area contributed by atoms with Crippen molar-refractivity contribution in [3.63, 3.8) is 0 Å². The molecule has 68 valence electrons. The van der Waals surface area contributed by atoms with Crippen molar-refractivity contribution in [2.45, 2.75) is 0 Å². The van der Waals surface area contributed by atoms with E-state index in [0.717, 1.165) is 5.75 Å². The van der Waals surface area contributed by atoms with Crippen LogP contribution in [-0.2, 0) is 0 Å². The minimum atomic E-state index is 0.973. The molecule has 13 heavy (non-hydrogen) atoms. The first-order valence-corrected chi connectivity index (χ1v) is 6.62. The Hall–Kier alpha value is 0.440. The molecule has 0 radical (unpaired) electrons. The fourth-order valence-electron chi connectivity index (χ4n) is 1.22. The van der Waals surface area contributed by atoms with Crippen molar-refractivity contribution in [2.75, 3.05) is 7.11 Å². The van der Waals surface area contributed by atoms with Crippen LogP contribution in [0.4, 0.5) is 0 Å². The van der Waals surface area contributed by atoms with Gasteiger partial charge in [0.05, 0.1) is 9.99 Å². The summed E-state index contributed by atoms with van der Waals surface area (Å²) in [6, 6.07) is 6.17. The van der Waals surface area contributed by atoms with Gasteiger partial charge < -0.3 is 4.74 Å². The number of rotatable bonds is 1. The number of methoxy groups -OCH3 is 1. The third kappa shape index (κ3) is 1.68. The lowest BCUT2D eigenvalue weighted by molar-refractivity contribution is 0.420. The SMILES string of the molecule is COc1cccc2sc(I)c(I)c12. The van der Waals surface area contributed by atoms with E-state index in [-0.39, 0.29) is 0 Å². The minimum Gasteiger partial charge on any atom is -0.496 e. The van der Waals surface area contributed by atoms with Crippen LogP contribution >= 0.6 is 56.5 Å². The van der Waals surface area contributed by atoms with Crippen LogP contribution in [0.1, 0.15) is 0 Å². The summed E-state index contributed by atoms with van der Waals surface area (Å²) in [5, 5.41) is 1.25. The average molecular weight is 416 g/mol. The Morgan fingerprint density at radius 3 is 2.77 bits per heavy atom. The van der Waals surface area contributed by atoms with E-state index in [1.54, 1.807) is 7.11 Å². The van der Waals surface area contributed by atoms with Crippen molar-refractivity contribution in [3.8, 4) is 5.75 Å². The van der Waals surface area contributed by atoms with Gasteiger partial charge in [0.25, 0.3) is 0 Å². The molecule has 2 aromatic rings. The molecule has 0 saturated carbocycles. The number of ether oxygens (including phenoxy) is 1. The largest absolute Gasteiger partial charge is 0.496 e. The fourth-order valence-corrected chi connectivity index (χ4v) is 4.11. The number of thiophene rings is 1. The summed E-state index contributed by atoms with van der Waals surface area (Å²) in [4.78, 5) is 0. The Morgan fingerprint density at radius 2 is 2.08 bits per heavy atom. The molecule has 1 nitrogen and oxygen atoms in total. The molecule has 0 unspecified atom stereocenters. The van der Waals surface area contributed by atoms with E-state index in [0.29, 0.717) is 0 Å². The van der Waals surface area contributed by atoms with Crippen molar-refractivity contribution >= 4 is 66.6 Å². The molecule has 0 bridgehead atoms. The Labute approximate surface area is 108 Å². The quantitative estimate of drug-likeness (QED) is 0.636. The van der Waals surface area contributed by atoms with E-state index in [2.05, 4.69) is 51.2 Å². The van der Waals surface area contributed by atoms with Gasteiger partial charge in [-0.15, -0.1) is 11.3 Å². The summed E-state index contributed by atoms with van der Waals surface area (Å²) >= 11 is 6.54. The van der Waals surface area contributed by atoms with Crippen LogP contribution in [0.25, 0.3) is 10.1 Å². The first-order valence-electron chi connectivity index (χ1n) is 3.64. The number of hydrogen-bond donors (Lipinski definition) is 0. The van der Waals surface area contributed by atoms with Gasteiger partial charge in [-0.3, -0.25) is 0 Å². The third-order valence-corrected chi connectivity index (χ3v) is 6.42. The lowest BCUT2D eigenvalue weighted by atomic mass is 10.2. The van der Waals surface area contributed by atoms with Gasteiger partial charge in [0.1, 0.15) is 5.75 Å². The van der Waals surface area contributed by atoms with Crippen molar-refractivity contribution in [2.24, 2.45) is 0 Å². The molecular formula is C9H6I2OS. The number of halogens is 2. The standard InChI is InChI=1S/C9H6I2OS/c1-12-5-3-2-4-6-7(5)8(10)9(11)13-6/h2-4H,1H3. The first-order chi connectivity index (χ1) is 6.24. The van der Waals surface area contributed by atoms with E-state index < -0.39 is 0 Å². The zero-order valence-corrected chi connectivity index (χ0v) is 11.9. The molecule has 0 saturated heterocycles. The van der Waals surface area contributed by atoms with Crippen molar-refractivity contribution < 1.29 is 4.74 Å². The van der Waals surface area contributed by atoms with Crippen LogP contribution in [0.5, 0.6) is 5.75 Å².